The van der Waals surface area contributed by atoms with Gasteiger partial charge in [0.15, 0.2) is 0 Å². The van der Waals surface area contributed by atoms with Crippen LogP contribution < -0.4 is 10.1 Å². The van der Waals surface area contributed by atoms with Gasteiger partial charge in [-0.2, -0.15) is 0 Å². The molecule has 0 unspecified atom stereocenters. The van der Waals surface area contributed by atoms with E-state index in [1.54, 1.807) is 0 Å². The molecule has 0 aromatic carbocycles. The molecule has 1 N–H and O–H groups in total. The number of pyridine rings is 1. The normalized spacial score (nSPS) is 12.2. The third kappa shape index (κ3) is 2.11. The predicted octanol–water partition coefficient (Wildman–Crippen LogP) is 2.08. The van der Waals surface area contributed by atoms with E-state index in [0.29, 0.717) is 0 Å². The highest BCUT2D eigenvalue weighted by molar-refractivity contribution is 5.46. The standard InChI is InChI=1S/C8H10N2O.C2H6/c1-9-8-4-7-6(5-10-8)2-3-11-7;1-2/h4-5H,2-3H2,1H3,(H,9,10);1-2H3. The minimum atomic E-state index is 0.796. The van der Waals surface area contributed by atoms with Crippen LogP contribution in [0.3, 0.4) is 0 Å². The number of hydrogen-bond donors (Lipinski definition) is 1. The lowest BCUT2D eigenvalue weighted by Gasteiger charge is -2.01. The molecule has 3 heteroatoms. The number of aromatic nitrogens is 1. The van der Waals surface area contributed by atoms with Crippen LogP contribution in [0, 0.1) is 0 Å². The fourth-order valence-corrected chi connectivity index (χ4v) is 1.19. The second-order valence-corrected chi connectivity index (χ2v) is 2.53. The zero-order valence-corrected chi connectivity index (χ0v) is 8.42. The van der Waals surface area contributed by atoms with Crippen LogP contribution >= 0.6 is 0 Å². The summed E-state index contributed by atoms with van der Waals surface area (Å²) in [6, 6.07) is 1.93. The maximum atomic E-state index is 5.36. The highest BCUT2D eigenvalue weighted by Gasteiger charge is 2.11. The number of ether oxygens (including phenoxy) is 1. The fraction of sp³-hybridized carbons (Fsp3) is 0.500. The minimum Gasteiger partial charge on any atom is -0.493 e. The molecule has 0 saturated heterocycles. The first-order valence-electron chi connectivity index (χ1n) is 4.69. The molecular formula is C10H16N2O. The molecule has 0 aliphatic carbocycles. The molecule has 0 amide bonds. The van der Waals surface area contributed by atoms with E-state index in [1.165, 1.54) is 5.56 Å². The van der Waals surface area contributed by atoms with Crippen LogP contribution in [0.1, 0.15) is 19.4 Å². The number of fused-ring (bicyclic) bond motifs is 1. The quantitative estimate of drug-likeness (QED) is 0.718. The molecule has 13 heavy (non-hydrogen) atoms. The van der Waals surface area contributed by atoms with Crippen molar-refractivity contribution in [3.63, 3.8) is 0 Å². The van der Waals surface area contributed by atoms with E-state index in [0.717, 1.165) is 24.6 Å². The Morgan fingerprint density at radius 2 is 2.23 bits per heavy atom. The molecule has 72 valence electrons. The van der Waals surface area contributed by atoms with Crippen LogP contribution in [0.25, 0.3) is 0 Å². The highest BCUT2D eigenvalue weighted by atomic mass is 16.5. The zero-order chi connectivity index (χ0) is 9.68. The Balaban J connectivity index is 0.000000396. The summed E-state index contributed by atoms with van der Waals surface area (Å²) in [6.07, 6.45) is 2.86. The van der Waals surface area contributed by atoms with E-state index in [-0.39, 0.29) is 0 Å². The Labute approximate surface area is 79.1 Å². The average Bonchev–Trinajstić information content (AvgIpc) is 2.67. The summed E-state index contributed by atoms with van der Waals surface area (Å²) in [4.78, 5) is 4.18. The summed E-state index contributed by atoms with van der Waals surface area (Å²) in [5, 5.41) is 2.97. The lowest BCUT2D eigenvalue weighted by Crippen LogP contribution is -1.92. The molecule has 1 aromatic rings. The van der Waals surface area contributed by atoms with E-state index in [2.05, 4.69) is 10.3 Å². The predicted molar refractivity (Wildman–Crippen MR) is 54.3 cm³/mol. The van der Waals surface area contributed by atoms with Crippen molar-refractivity contribution >= 4 is 5.82 Å². The lowest BCUT2D eigenvalue weighted by molar-refractivity contribution is 0.357. The zero-order valence-electron chi connectivity index (χ0n) is 8.42. The number of nitrogens with zero attached hydrogens (tertiary/aromatic N) is 1. The van der Waals surface area contributed by atoms with Crippen molar-refractivity contribution in [1.29, 1.82) is 0 Å². The van der Waals surface area contributed by atoms with Gasteiger partial charge in [0.25, 0.3) is 0 Å². The van der Waals surface area contributed by atoms with Crippen molar-refractivity contribution in [3.8, 4) is 5.75 Å². The molecule has 2 rings (SSSR count). The monoisotopic (exact) mass is 180 g/mol. The van der Waals surface area contributed by atoms with Crippen molar-refractivity contribution in [2.75, 3.05) is 19.0 Å². The highest BCUT2D eigenvalue weighted by Crippen LogP contribution is 2.25. The first-order chi connectivity index (χ1) is 6.40. The first kappa shape index (κ1) is 9.84. The number of anilines is 1. The molecule has 0 spiro atoms. The summed E-state index contributed by atoms with van der Waals surface area (Å²) in [5.41, 5.74) is 1.21. The summed E-state index contributed by atoms with van der Waals surface area (Å²) in [6.45, 7) is 4.80. The summed E-state index contributed by atoms with van der Waals surface area (Å²) >= 11 is 0. The molecule has 1 aliphatic heterocycles. The molecule has 0 atom stereocenters. The van der Waals surface area contributed by atoms with Crippen LogP contribution in [-0.2, 0) is 6.42 Å². The molecule has 3 nitrogen and oxygen atoms in total. The largest absolute Gasteiger partial charge is 0.493 e. The van der Waals surface area contributed by atoms with Crippen molar-refractivity contribution in [2.45, 2.75) is 20.3 Å². The fourth-order valence-electron chi connectivity index (χ4n) is 1.19. The molecular weight excluding hydrogens is 164 g/mol. The van der Waals surface area contributed by atoms with Crippen molar-refractivity contribution in [3.05, 3.63) is 17.8 Å². The minimum absolute atomic E-state index is 0.796. The van der Waals surface area contributed by atoms with Gasteiger partial charge in [-0.3, -0.25) is 0 Å². The maximum absolute atomic E-state index is 5.36. The Morgan fingerprint density at radius 1 is 1.46 bits per heavy atom. The third-order valence-corrected chi connectivity index (χ3v) is 1.83. The van der Waals surface area contributed by atoms with E-state index in [1.807, 2.05) is 33.2 Å². The molecule has 2 heterocycles. The molecule has 1 aromatic heterocycles. The average molecular weight is 180 g/mol. The Morgan fingerprint density at radius 3 is 2.92 bits per heavy atom. The summed E-state index contributed by atoms with van der Waals surface area (Å²) in [7, 11) is 1.85. The second kappa shape index (κ2) is 4.70. The topological polar surface area (TPSA) is 34.2 Å². The van der Waals surface area contributed by atoms with Crippen molar-refractivity contribution in [1.82, 2.24) is 4.98 Å². The van der Waals surface area contributed by atoms with Crippen molar-refractivity contribution in [2.24, 2.45) is 0 Å². The van der Waals surface area contributed by atoms with Crippen LogP contribution in [0.2, 0.25) is 0 Å². The van der Waals surface area contributed by atoms with E-state index in [9.17, 15) is 0 Å². The number of nitrogens with one attached hydrogen (secondary N) is 1. The van der Waals surface area contributed by atoms with Crippen LogP contribution in [-0.4, -0.2) is 18.6 Å². The van der Waals surface area contributed by atoms with Gasteiger partial charge in [0.2, 0.25) is 0 Å². The number of rotatable bonds is 1. The van der Waals surface area contributed by atoms with Gasteiger partial charge in [0.1, 0.15) is 11.6 Å². The van der Waals surface area contributed by atoms with E-state index in [4.69, 9.17) is 4.74 Å². The summed E-state index contributed by atoms with van der Waals surface area (Å²) in [5.74, 6) is 1.84. The molecule has 1 aliphatic rings. The molecule has 0 fully saturated rings. The molecule has 0 bridgehead atoms. The van der Waals surface area contributed by atoms with Crippen LogP contribution in [0.4, 0.5) is 5.82 Å². The van der Waals surface area contributed by atoms with E-state index >= 15 is 0 Å². The van der Waals surface area contributed by atoms with Gasteiger partial charge in [-0.25, -0.2) is 4.98 Å². The van der Waals surface area contributed by atoms with Gasteiger partial charge in [-0.15, -0.1) is 0 Å². The van der Waals surface area contributed by atoms with Crippen LogP contribution in [0.15, 0.2) is 12.3 Å². The number of hydrogen-bond acceptors (Lipinski definition) is 3. The molecule has 0 saturated carbocycles. The van der Waals surface area contributed by atoms with Gasteiger partial charge in [-0.1, -0.05) is 13.8 Å². The SMILES string of the molecule is CC.CNc1cc2c(cn1)CCO2. The Bertz CT molecular complexity index is 274. The Hall–Kier alpha value is -1.25. The first-order valence-corrected chi connectivity index (χ1v) is 4.69. The Kier molecular flexibility index (Phi) is 3.55. The van der Waals surface area contributed by atoms with Crippen LogP contribution in [0.5, 0.6) is 5.75 Å². The maximum Gasteiger partial charge on any atom is 0.129 e. The second-order valence-electron chi connectivity index (χ2n) is 2.53. The van der Waals surface area contributed by atoms with Gasteiger partial charge in [0, 0.05) is 31.3 Å². The van der Waals surface area contributed by atoms with Gasteiger partial charge in [-0.05, 0) is 0 Å². The summed E-state index contributed by atoms with van der Waals surface area (Å²) < 4.78 is 5.36. The smallest absolute Gasteiger partial charge is 0.129 e. The van der Waals surface area contributed by atoms with Gasteiger partial charge in [0.05, 0.1) is 6.61 Å². The van der Waals surface area contributed by atoms with Crippen molar-refractivity contribution < 1.29 is 4.74 Å². The van der Waals surface area contributed by atoms with Gasteiger partial charge >= 0.3 is 0 Å². The van der Waals surface area contributed by atoms with E-state index < -0.39 is 0 Å². The third-order valence-electron chi connectivity index (χ3n) is 1.83. The van der Waals surface area contributed by atoms with Gasteiger partial charge < -0.3 is 10.1 Å². The molecule has 0 radical (unpaired) electrons. The lowest BCUT2D eigenvalue weighted by atomic mass is 10.2.